The van der Waals surface area contributed by atoms with Gasteiger partial charge < -0.3 is 4.90 Å². The first kappa shape index (κ1) is 41.5. The smallest absolute Gasteiger partial charge is 0.0447 e. The lowest BCUT2D eigenvalue weighted by atomic mass is 9.81. The van der Waals surface area contributed by atoms with Gasteiger partial charge in [-0.2, -0.15) is 0 Å². The Morgan fingerprint density at radius 1 is 0.366 bits per heavy atom. The Kier molecular flexibility index (Phi) is 10.0. The van der Waals surface area contributed by atoms with Crippen LogP contribution in [-0.4, -0.2) is 6.04 Å². The van der Waals surface area contributed by atoms with E-state index < -0.39 is 0 Å². The van der Waals surface area contributed by atoms with E-state index in [2.05, 4.69) is 254 Å². The average molecular weight is 906 g/mol. The summed E-state index contributed by atoms with van der Waals surface area (Å²) in [6, 6.07) is 77.6. The largest absolute Gasteiger partial charge is 0.337 e. The Morgan fingerprint density at radius 3 is 1.58 bits per heavy atom. The molecule has 1 aliphatic heterocycles. The third kappa shape index (κ3) is 6.98. The topological polar surface area (TPSA) is 3.24 Å². The summed E-state index contributed by atoms with van der Waals surface area (Å²) in [6.45, 7) is 0. The van der Waals surface area contributed by atoms with E-state index in [-0.39, 0.29) is 0 Å². The van der Waals surface area contributed by atoms with E-state index in [1.54, 1.807) is 0 Å². The number of anilines is 1. The summed E-state index contributed by atoms with van der Waals surface area (Å²) in [7, 11) is 0. The van der Waals surface area contributed by atoms with Crippen LogP contribution in [0.5, 0.6) is 0 Å². The van der Waals surface area contributed by atoms with Crippen molar-refractivity contribution < 1.29 is 0 Å². The highest BCUT2D eigenvalue weighted by molar-refractivity contribution is 6.20. The van der Waals surface area contributed by atoms with Crippen LogP contribution >= 0.6 is 0 Å². The lowest BCUT2D eigenvalue weighted by molar-refractivity contribution is 0.514. The highest BCUT2D eigenvalue weighted by Crippen LogP contribution is 2.49. The van der Waals surface area contributed by atoms with Gasteiger partial charge in [0.15, 0.2) is 0 Å². The van der Waals surface area contributed by atoms with Crippen LogP contribution in [-0.2, 0) is 0 Å². The van der Waals surface area contributed by atoms with E-state index in [9.17, 15) is 0 Å². The van der Waals surface area contributed by atoms with E-state index in [0.29, 0.717) is 12.0 Å². The van der Waals surface area contributed by atoms with Crippen molar-refractivity contribution in [1.82, 2.24) is 0 Å². The molecule has 0 bridgehead atoms. The molecule has 0 N–H and O–H groups in total. The molecule has 11 aromatic rings. The summed E-state index contributed by atoms with van der Waals surface area (Å²) in [5.74, 6) is 0.411. The number of benzene rings is 11. The molecule has 336 valence electrons. The fourth-order valence-corrected chi connectivity index (χ4v) is 12.5. The molecule has 2 atom stereocenters. The third-order valence-electron chi connectivity index (χ3n) is 15.8. The SMILES string of the molecule is C1=CCC(C2CC=C(c3ccccc3)N2c2ccc3c(-c4ccc(-c5cc6ccccc6c6ccccc56)cc4)c4ccccc4c(C4=CC=C(c5cc6ccccc6c6ccccc56)CC4)c3c2)C=C1. The van der Waals surface area contributed by atoms with Crippen molar-refractivity contribution in [2.75, 3.05) is 4.90 Å². The quantitative estimate of drug-likeness (QED) is 0.114. The standard InChI is InChI=1S/C70H51N/c1-3-17-48(18-4-1)67-41-42-68(49-19-5-2-6-20-49)71(67)54-39-40-63-66(45-54)70(51-37-33-47(34-38-51)65-44-53-22-8-10-24-56(53)58-26-12-14-28-60(58)65)62-30-16-15-29-61(62)69(63)50-35-31-46(32-36-50)64-43-52-21-7-9-23-55(52)57-25-11-13-27-59(57)64/h1-19,21-33,35-37,39-41,43-45,49,68H,20,34,38,42H2. The minimum Gasteiger partial charge on any atom is -0.337 e. The van der Waals surface area contributed by atoms with Gasteiger partial charge in [-0.1, -0.05) is 225 Å². The molecule has 1 heteroatoms. The van der Waals surface area contributed by atoms with Crippen LogP contribution in [0.1, 0.15) is 42.4 Å². The molecule has 2 unspecified atom stereocenters. The molecule has 0 saturated carbocycles. The van der Waals surface area contributed by atoms with E-state index >= 15 is 0 Å². The molecule has 0 amide bonds. The lowest BCUT2D eigenvalue weighted by Gasteiger charge is -2.35. The monoisotopic (exact) mass is 905 g/mol. The Morgan fingerprint density at radius 2 is 0.915 bits per heavy atom. The average Bonchev–Trinajstić information content (AvgIpc) is 3.90. The maximum Gasteiger partial charge on any atom is 0.0447 e. The second-order valence-electron chi connectivity index (χ2n) is 19.7. The fourth-order valence-electron chi connectivity index (χ4n) is 12.5. The molecule has 0 fully saturated rings. The van der Waals surface area contributed by atoms with Gasteiger partial charge in [-0.15, -0.1) is 0 Å². The van der Waals surface area contributed by atoms with Crippen LogP contribution in [0, 0.1) is 5.92 Å². The summed E-state index contributed by atoms with van der Waals surface area (Å²) in [5.41, 5.74) is 14.3. The number of fused-ring (bicyclic) bond motifs is 8. The van der Waals surface area contributed by atoms with Gasteiger partial charge in [-0.25, -0.2) is 0 Å². The predicted molar refractivity (Wildman–Crippen MR) is 306 cm³/mol. The van der Waals surface area contributed by atoms with Gasteiger partial charge in [0.1, 0.15) is 0 Å². The van der Waals surface area contributed by atoms with Crippen LogP contribution in [0.15, 0.2) is 249 Å². The Bertz CT molecular complexity index is 4110. The van der Waals surface area contributed by atoms with E-state index in [1.807, 2.05) is 0 Å². The van der Waals surface area contributed by atoms with Gasteiger partial charge in [0.05, 0.1) is 0 Å². The fraction of sp³-hybridized carbons (Fsp3) is 0.0857. The molecule has 2 aliphatic carbocycles. The van der Waals surface area contributed by atoms with Gasteiger partial charge in [0, 0.05) is 23.3 Å². The predicted octanol–water partition coefficient (Wildman–Crippen LogP) is 19.0. The minimum absolute atomic E-state index is 0.308. The van der Waals surface area contributed by atoms with Crippen molar-refractivity contribution in [3.63, 3.8) is 0 Å². The molecule has 11 aromatic carbocycles. The van der Waals surface area contributed by atoms with E-state index in [1.165, 1.54) is 126 Å². The molecule has 14 rings (SSSR count). The number of nitrogens with zero attached hydrogens (tertiary/aromatic N) is 1. The first-order valence-electron chi connectivity index (χ1n) is 25.4. The van der Waals surface area contributed by atoms with Crippen LogP contribution in [0.2, 0.25) is 0 Å². The Hall–Kier alpha value is -8.52. The Labute approximate surface area is 415 Å². The number of hydrogen-bond donors (Lipinski definition) is 0. The second kappa shape index (κ2) is 17.2. The molecular formula is C70H51N. The molecule has 1 nitrogen and oxygen atoms in total. The zero-order chi connectivity index (χ0) is 46.8. The Balaban J connectivity index is 0.970. The van der Waals surface area contributed by atoms with Crippen molar-refractivity contribution in [3.8, 4) is 22.3 Å². The molecule has 0 saturated heterocycles. The zero-order valence-corrected chi connectivity index (χ0v) is 39.6. The summed E-state index contributed by atoms with van der Waals surface area (Å²) < 4.78 is 0. The van der Waals surface area contributed by atoms with Crippen LogP contribution in [0.3, 0.4) is 0 Å². The van der Waals surface area contributed by atoms with Crippen molar-refractivity contribution in [2.45, 2.75) is 31.7 Å². The highest BCUT2D eigenvalue weighted by Gasteiger charge is 2.34. The maximum atomic E-state index is 2.67. The molecule has 3 aliphatic rings. The van der Waals surface area contributed by atoms with Crippen LogP contribution < -0.4 is 4.90 Å². The number of rotatable bonds is 7. The van der Waals surface area contributed by atoms with E-state index in [0.717, 1.165) is 25.7 Å². The molecular weight excluding hydrogens is 855 g/mol. The van der Waals surface area contributed by atoms with Gasteiger partial charge in [0.25, 0.3) is 0 Å². The number of hydrogen-bond acceptors (Lipinski definition) is 1. The van der Waals surface area contributed by atoms with E-state index in [4.69, 9.17) is 0 Å². The molecule has 0 spiro atoms. The first-order valence-corrected chi connectivity index (χ1v) is 25.4. The summed E-state index contributed by atoms with van der Waals surface area (Å²) in [4.78, 5) is 2.67. The van der Waals surface area contributed by atoms with Gasteiger partial charge in [-0.05, 0) is 165 Å². The summed E-state index contributed by atoms with van der Waals surface area (Å²) >= 11 is 0. The summed E-state index contributed by atoms with van der Waals surface area (Å²) in [5, 5.41) is 15.5. The molecule has 1 heterocycles. The minimum atomic E-state index is 0.308. The summed E-state index contributed by atoms with van der Waals surface area (Å²) in [6.07, 6.45) is 20.5. The normalized spacial score (nSPS) is 16.9. The van der Waals surface area contributed by atoms with Crippen LogP contribution in [0.25, 0.3) is 104 Å². The van der Waals surface area contributed by atoms with Crippen molar-refractivity contribution in [2.24, 2.45) is 5.92 Å². The maximum absolute atomic E-state index is 2.67. The third-order valence-corrected chi connectivity index (χ3v) is 15.8. The van der Waals surface area contributed by atoms with Crippen LogP contribution in [0.4, 0.5) is 5.69 Å². The lowest BCUT2D eigenvalue weighted by Crippen LogP contribution is -2.35. The molecule has 0 aromatic heterocycles. The van der Waals surface area contributed by atoms with Crippen molar-refractivity contribution >= 4 is 87.2 Å². The highest BCUT2D eigenvalue weighted by atomic mass is 15.2. The number of allylic oxidation sites excluding steroid dienone is 7. The first-order chi connectivity index (χ1) is 35.2. The molecule has 0 radical (unpaired) electrons. The second-order valence-corrected chi connectivity index (χ2v) is 19.7. The van der Waals surface area contributed by atoms with Gasteiger partial charge in [-0.3, -0.25) is 0 Å². The van der Waals surface area contributed by atoms with Gasteiger partial charge in [0.2, 0.25) is 0 Å². The van der Waals surface area contributed by atoms with Crippen molar-refractivity contribution in [1.29, 1.82) is 0 Å². The van der Waals surface area contributed by atoms with Gasteiger partial charge >= 0.3 is 0 Å². The zero-order valence-electron chi connectivity index (χ0n) is 39.6. The molecule has 71 heavy (non-hydrogen) atoms. The van der Waals surface area contributed by atoms with Crippen molar-refractivity contribution in [3.05, 3.63) is 265 Å².